The molecule has 1 aliphatic rings. The molecule has 2 aromatic rings. The third-order valence-electron chi connectivity index (χ3n) is 5.90. The Bertz CT molecular complexity index is 1060. The maximum absolute atomic E-state index is 12.9. The van der Waals surface area contributed by atoms with Gasteiger partial charge in [-0.05, 0) is 62.7 Å². The summed E-state index contributed by atoms with van der Waals surface area (Å²) in [6, 6.07) is 12.9. The molecular weight excluding hydrogens is 474 g/mol. The van der Waals surface area contributed by atoms with Crippen LogP contribution in [0, 0.1) is 5.92 Å². The number of ketones is 2. The summed E-state index contributed by atoms with van der Waals surface area (Å²) in [5, 5.41) is 14.7. The molecule has 0 saturated heterocycles. The lowest BCUT2D eigenvalue weighted by atomic mass is 9.64. The molecule has 0 spiro atoms. The molecule has 0 aromatic heterocycles. The topological polar surface area (TPSA) is 84.9 Å². The predicted octanol–water partition coefficient (Wildman–Crippen LogP) is 4.87. The molecule has 0 unspecified atom stereocenters. The number of halogens is 1. The molecule has 170 valence electrons. The number of ether oxygens (including phenoxy) is 2. The van der Waals surface area contributed by atoms with Crippen LogP contribution in [0.1, 0.15) is 38.7 Å². The molecule has 0 radical (unpaired) electrons. The molecule has 2 N–H and O–H groups in total. The molecule has 0 amide bonds. The van der Waals surface area contributed by atoms with Gasteiger partial charge in [0.1, 0.15) is 5.78 Å². The van der Waals surface area contributed by atoms with E-state index in [0.29, 0.717) is 28.3 Å². The van der Waals surface area contributed by atoms with Crippen LogP contribution in [0.2, 0.25) is 0 Å². The molecule has 1 aliphatic carbocycles. The summed E-state index contributed by atoms with van der Waals surface area (Å²) in [6.07, 6.45) is 0.145. The normalized spacial score (nSPS) is 23.0. The second-order valence-corrected chi connectivity index (χ2v) is 9.21. The first-order chi connectivity index (χ1) is 15.1. The average Bonchev–Trinajstić information content (AvgIpc) is 2.73. The van der Waals surface area contributed by atoms with Gasteiger partial charge in [0, 0.05) is 33.8 Å². The lowest BCUT2D eigenvalue weighted by Crippen LogP contribution is -2.48. The van der Waals surface area contributed by atoms with Crippen LogP contribution in [0.5, 0.6) is 11.5 Å². The van der Waals surface area contributed by atoms with Gasteiger partial charge in [0.15, 0.2) is 17.3 Å². The summed E-state index contributed by atoms with van der Waals surface area (Å²) >= 11 is 3.42. The number of rotatable bonds is 7. The molecule has 0 fully saturated rings. The average molecular weight is 502 g/mol. The number of hydrogen-bond donors (Lipinski definition) is 2. The molecule has 7 heteroatoms. The van der Waals surface area contributed by atoms with Gasteiger partial charge in [-0.1, -0.05) is 22.0 Å². The first-order valence-electron chi connectivity index (χ1n) is 10.3. The first kappa shape index (κ1) is 24.0. The Morgan fingerprint density at radius 3 is 2.22 bits per heavy atom. The van der Waals surface area contributed by atoms with Crippen LogP contribution in [0.15, 0.2) is 58.2 Å². The molecule has 0 heterocycles. The molecule has 0 bridgehead atoms. The number of allylic oxidation sites excluding steroid dienone is 1. The van der Waals surface area contributed by atoms with Gasteiger partial charge >= 0.3 is 0 Å². The van der Waals surface area contributed by atoms with Crippen molar-refractivity contribution in [1.29, 1.82) is 0 Å². The molecule has 32 heavy (non-hydrogen) atoms. The van der Waals surface area contributed by atoms with E-state index in [0.717, 1.165) is 10.2 Å². The highest BCUT2D eigenvalue weighted by atomic mass is 79.9. The largest absolute Gasteiger partial charge is 0.493 e. The SMILES string of the molecule is COc1ccc([C@@H]2C(C(C)=O)=C(Nc3ccc(Br)cc3)C[C@](C)(O)[C@@H]2C(C)=O)cc1OC. The number of hydrogen-bond acceptors (Lipinski definition) is 6. The van der Waals surface area contributed by atoms with Crippen molar-refractivity contribution >= 4 is 33.2 Å². The fraction of sp³-hybridized carbons (Fsp3) is 0.360. The molecule has 0 saturated carbocycles. The van der Waals surface area contributed by atoms with Crippen LogP contribution < -0.4 is 14.8 Å². The van der Waals surface area contributed by atoms with Crippen LogP contribution in [0.25, 0.3) is 0 Å². The summed E-state index contributed by atoms with van der Waals surface area (Å²) in [5.41, 5.74) is 1.20. The van der Waals surface area contributed by atoms with Crippen molar-refractivity contribution in [2.24, 2.45) is 5.92 Å². The molecular formula is C25H28BrNO5. The van der Waals surface area contributed by atoms with Gasteiger partial charge < -0.3 is 19.9 Å². The maximum atomic E-state index is 12.9. The van der Waals surface area contributed by atoms with Crippen LogP contribution in [0.4, 0.5) is 5.69 Å². The van der Waals surface area contributed by atoms with Gasteiger partial charge in [0.2, 0.25) is 0 Å². The van der Waals surface area contributed by atoms with Crippen LogP contribution in [0.3, 0.4) is 0 Å². The summed E-state index contributed by atoms with van der Waals surface area (Å²) in [6.45, 7) is 4.59. The number of carbonyl (C=O) groups is 2. The van der Waals surface area contributed by atoms with Crippen molar-refractivity contribution < 1.29 is 24.2 Å². The van der Waals surface area contributed by atoms with E-state index in [4.69, 9.17) is 9.47 Å². The number of anilines is 1. The summed E-state index contributed by atoms with van der Waals surface area (Å²) in [4.78, 5) is 25.7. The van der Waals surface area contributed by atoms with Gasteiger partial charge in [0.25, 0.3) is 0 Å². The highest BCUT2D eigenvalue weighted by Crippen LogP contribution is 2.49. The fourth-order valence-corrected chi connectivity index (χ4v) is 4.87. The summed E-state index contributed by atoms with van der Waals surface area (Å²) in [7, 11) is 3.08. The Hall–Kier alpha value is -2.64. The lowest BCUT2D eigenvalue weighted by Gasteiger charge is -2.43. The quantitative estimate of drug-likeness (QED) is 0.563. The van der Waals surface area contributed by atoms with Crippen molar-refractivity contribution in [2.75, 3.05) is 19.5 Å². The van der Waals surface area contributed by atoms with Gasteiger partial charge in [-0.25, -0.2) is 0 Å². The zero-order valence-electron chi connectivity index (χ0n) is 18.9. The molecule has 3 atom stereocenters. The third kappa shape index (κ3) is 4.74. The third-order valence-corrected chi connectivity index (χ3v) is 6.43. The van der Waals surface area contributed by atoms with Crippen LogP contribution in [-0.2, 0) is 9.59 Å². The zero-order valence-corrected chi connectivity index (χ0v) is 20.4. The lowest BCUT2D eigenvalue weighted by molar-refractivity contribution is -0.131. The Morgan fingerprint density at radius 1 is 1.06 bits per heavy atom. The number of carbonyl (C=O) groups excluding carboxylic acids is 2. The van der Waals surface area contributed by atoms with E-state index in [1.165, 1.54) is 21.0 Å². The first-order valence-corrected chi connectivity index (χ1v) is 11.1. The Kier molecular flexibility index (Phi) is 7.10. The smallest absolute Gasteiger partial charge is 0.161 e. The second-order valence-electron chi connectivity index (χ2n) is 8.29. The second kappa shape index (κ2) is 9.46. The minimum atomic E-state index is -1.36. The van der Waals surface area contributed by atoms with Crippen molar-refractivity contribution in [3.8, 4) is 11.5 Å². The van der Waals surface area contributed by atoms with E-state index in [1.807, 2.05) is 30.3 Å². The maximum Gasteiger partial charge on any atom is 0.161 e. The number of nitrogens with one attached hydrogen (secondary N) is 1. The fourth-order valence-electron chi connectivity index (χ4n) is 4.60. The van der Waals surface area contributed by atoms with E-state index in [1.54, 1.807) is 26.2 Å². The van der Waals surface area contributed by atoms with E-state index < -0.39 is 17.4 Å². The van der Waals surface area contributed by atoms with E-state index in [2.05, 4.69) is 21.2 Å². The van der Waals surface area contributed by atoms with E-state index in [-0.39, 0.29) is 18.0 Å². The molecule has 2 aromatic carbocycles. The molecule has 3 rings (SSSR count). The minimum absolute atomic E-state index is 0.145. The van der Waals surface area contributed by atoms with E-state index in [9.17, 15) is 14.7 Å². The van der Waals surface area contributed by atoms with Crippen molar-refractivity contribution in [2.45, 2.75) is 38.7 Å². The minimum Gasteiger partial charge on any atom is -0.493 e. The zero-order chi connectivity index (χ0) is 23.6. The number of benzene rings is 2. The van der Waals surface area contributed by atoms with Gasteiger partial charge in [-0.3, -0.25) is 9.59 Å². The number of Topliss-reactive ketones (excluding diaryl/α,β-unsaturated/α-hetero) is 2. The Balaban J connectivity index is 2.23. The number of methoxy groups -OCH3 is 2. The van der Waals surface area contributed by atoms with Gasteiger partial charge in [-0.15, -0.1) is 0 Å². The van der Waals surface area contributed by atoms with Crippen molar-refractivity contribution in [3.63, 3.8) is 0 Å². The van der Waals surface area contributed by atoms with Crippen LogP contribution >= 0.6 is 15.9 Å². The Labute approximate surface area is 196 Å². The molecule has 0 aliphatic heterocycles. The standard InChI is InChI=1S/C25H28BrNO5/c1-14(28)22-19(27-18-9-7-17(26)8-10-18)13-25(3,30)24(15(2)29)23(22)16-6-11-20(31-4)21(12-16)32-5/h6-12,23-24,27,30H,13H2,1-5H3/t23-,24-,25+/m1/s1. The molecule has 6 nitrogen and oxygen atoms in total. The number of aliphatic hydroxyl groups is 1. The monoisotopic (exact) mass is 501 g/mol. The van der Waals surface area contributed by atoms with Crippen molar-refractivity contribution in [1.82, 2.24) is 0 Å². The highest BCUT2D eigenvalue weighted by Gasteiger charge is 2.49. The highest BCUT2D eigenvalue weighted by molar-refractivity contribution is 9.10. The van der Waals surface area contributed by atoms with E-state index >= 15 is 0 Å². The predicted molar refractivity (Wildman–Crippen MR) is 127 cm³/mol. The van der Waals surface area contributed by atoms with Crippen molar-refractivity contribution in [3.05, 3.63) is 63.8 Å². The van der Waals surface area contributed by atoms with Crippen LogP contribution in [-0.4, -0.2) is 36.5 Å². The van der Waals surface area contributed by atoms with Gasteiger partial charge in [0.05, 0.1) is 25.7 Å². The van der Waals surface area contributed by atoms with Gasteiger partial charge in [-0.2, -0.15) is 0 Å². The summed E-state index contributed by atoms with van der Waals surface area (Å²) in [5.74, 6) is -0.758. The Morgan fingerprint density at radius 2 is 1.69 bits per heavy atom. The summed E-state index contributed by atoms with van der Waals surface area (Å²) < 4.78 is 11.7.